The molecule has 0 amide bonds. The largest absolute Gasteiger partial charge is 0.376 e. The van der Waals surface area contributed by atoms with E-state index in [0.717, 1.165) is 24.6 Å². The number of rotatable bonds is 6. The van der Waals surface area contributed by atoms with Gasteiger partial charge < -0.3 is 4.74 Å². The summed E-state index contributed by atoms with van der Waals surface area (Å²) in [5.41, 5.74) is -0.0118. The Labute approximate surface area is 136 Å². The van der Waals surface area contributed by atoms with Crippen molar-refractivity contribution in [2.75, 3.05) is 12.4 Å². The van der Waals surface area contributed by atoms with Gasteiger partial charge >= 0.3 is 5.69 Å². The fraction of sp³-hybridized carbons (Fsp3) is 0.400. The van der Waals surface area contributed by atoms with E-state index in [-0.39, 0.29) is 23.3 Å². The Kier molecular flexibility index (Phi) is 4.92. The number of ketones is 1. The van der Waals surface area contributed by atoms with E-state index >= 15 is 0 Å². The van der Waals surface area contributed by atoms with Crippen LogP contribution in [0.5, 0.6) is 0 Å². The zero-order chi connectivity index (χ0) is 16.2. The Morgan fingerprint density at radius 2 is 2.39 bits per heavy atom. The Hall–Kier alpha value is -1.93. The summed E-state index contributed by atoms with van der Waals surface area (Å²) in [4.78, 5) is 23.9. The zero-order valence-corrected chi connectivity index (χ0v) is 13.1. The molecular formula is C15H16FN3O3S. The second-order valence-electron chi connectivity index (χ2n) is 5.28. The number of H-pyrrole nitrogens is 1. The number of carbonyl (C=O) groups is 1. The molecule has 2 heterocycles. The minimum atomic E-state index is -0.448. The molecule has 1 fully saturated rings. The molecule has 1 aromatic heterocycles. The minimum absolute atomic E-state index is 0.00331. The van der Waals surface area contributed by atoms with Crippen LogP contribution in [0.2, 0.25) is 0 Å². The van der Waals surface area contributed by atoms with Crippen LogP contribution >= 0.6 is 11.8 Å². The number of halogens is 1. The van der Waals surface area contributed by atoms with Crippen molar-refractivity contribution in [2.45, 2.75) is 30.6 Å². The molecule has 1 aliphatic heterocycles. The molecular weight excluding hydrogens is 321 g/mol. The molecule has 3 rings (SSSR count). The van der Waals surface area contributed by atoms with E-state index < -0.39 is 5.82 Å². The van der Waals surface area contributed by atoms with Crippen molar-refractivity contribution in [2.24, 2.45) is 0 Å². The van der Waals surface area contributed by atoms with Gasteiger partial charge in [-0.2, -0.15) is 0 Å². The van der Waals surface area contributed by atoms with Crippen molar-refractivity contribution in [1.82, 2.24) is 14.8 Å². The van der Waals surface area contributed by atoms with Gasteiger partial charge in [0.1, 0.15) is 5.82 Å². The fourth-order valence-corrected chi connectivity index (χ4v) is 3.29. The highest BCUT2D eigenvalue weighted by Crippen LogP contribution is 2.19. The van der Waals surface area contributed by atoms with E-state index in [1.54, 1.807) is 6.07 Å². The lowest BCUT2D eigenvalue weighted by molar-refractivity contribution is 0.0941. The lowest BCUT2D eigenvalue weighted by Crippen LogP contribution is -2.25. The molecule has 0 spiro atoms. The highest BCUT2D eigenvalue weighted by atomic mass is 32.2. The number of Topliss-reactive ketones (excluding diaryl/α,β-unsaturated/α-hetero) is 1. The van der Waals surface area contributed by atoms with E-state index in [1.165, 1.54) is 22.8 Å². The zero-order valence-electron chi connectivity index (χ0n) is 12.3. The van der Waals surface area contributed by atoms with Crippen LogP contribution in [0, 0.1) is 5.82 Å². The standard InChI is InChI=1S/C15H16FN3O3S/c16-11-4-1-3-10(7-11)13(20)9-23-15-18-17-14(21)19(15)8-12-5-2-6-22-12/h1,3-4,7,12H,2,5-6,8-9H2,(H,17,21)/t12-/m1/s1. The van der Waals surface area contributed by atoms with E-state index in [1.807, 2.05) is 0 Å². The first-order chi connectivity index (χ1) is 11.1. The van der Waals surface area contributed by atoms with Crippen LogP contribution in [0.15, 0.2) is 34.2 Å². The van der Waals surface area contributed by atoms with Crippen LogP contribution in [0.1, 0.15) is 23.2 Å². The number of aromatic amines is 1. The number of thioether (sulfide) groups is 1. The maximum atomic E-state index is 13.1. The van der Waals surface area contributed by atoms with Gasteiger partial charge in [0, 0.05) is 12.2 Å². The summed E-state index contributed by atoms with van der Waals surface area (Å²) >= 11 is 1.15. The molecule has 1 aliphatic rings. The number of nitrogens with zero attached hydrogens (tertiary/aromatic N) is 2. The molecule has 2 aromatic rings. The molecule has 1 aromatic carbocycles. The summed E-state index contributed by atoms with van der Waals surface area (Å²) in [5, 5.41) is 6.78. The molecule has 0 bridgehead atoms. The Bertz CT molecular complexity index is 752. The molecule has 0 saturated carbocycles. The Morgan fingerprint density at radius 1 is 1.52 bits per heavy atom. The number of benzene rings is 1. The number of hydrogen-bond donors (Lipinski definition) is 1. The summed E-state index contributed by atoms with van der Waals surface area (Å²) in [6.07, 6.45) is 1.89. The number of nitrogens with one attached hydrogen (secondary N) is 1. The summed E-state index contributed by atoms with van der Waals surface area (Å²) in [7, 11) is 0. The normalized spacial score (nSPS) is 17.5. The third kappa shape index (κ3) is 3.89. The van der Waals surface area contributed by atoms with Crippen LogP contribution in [-0.2, 0) is 11.3 Å². The van der Waals surface area contributed by atoms with Crippen LogP contribution in [0.3, 0.4) is 0 Å². The lowest BCUT2D eigenvalue weighted by atomic mass is 10.1. The van der Waals surface area contributed by atoms with Gasteiger partial charge in [0.2, 0.25) is 0 Å². The topological polar surface area (TPSA) is 77.0 Å². The van der Waals surface area contributed by atoms with E-state index in [2.05, 4.69) is 10.2 Å². The van der Waals surface area contributed by atoms with Crippen LogP contribution in [0.25, 0.3) is 0 Å². The van der Waals surface area contributed by atoms with Gasteiger partial charge in [-0.15, -0.1) is 5.10 Å². The molecule has 1 N–H and O–H groups in total. The van der Waals surface area contributed by atoms with Crippen LogP contribution in [-0.4, -0.2) is 39.0 Å². The van der Waals surface area contributed by atoms with Gasteiger partial charge in [-0.05, 0) is 25.0 Å². The van der Waals surface area contributed by atoms with Gasteiger partial charge in [0.25, 0.3) is 0 Å². The molecule has 1 saturated heterocycles. The monoisotopic (exact) mass is 337 g/mol. The van der Waals surface area contributed by atoms with Crippen LogP contribution in [0.4, 0.5) is 4.39 Å². The third-order valence-electron chi connectivity index (χ3n) is 3.61. The van der Waals surface area contributed by atoms with E-state index in [9.17, 15) is 14.0 Å². The summed E-state index contributed by atoms with van der Waals surface area (Å²) in [5.74, 6) is -0.580. The predicted octanol–water partition coefficient (Wildman–Crippen LogP) is 1.86. The van der Waals surface area contributed by atoms with Crippen molar-refractivity contribution < 1.29 is 13.9 Å². The first-order valence-corrected chi connectivity index (χ1v) is 8.30. The number of carbonyl (C=O) groups excluding carboxylic acids is 1. The van der Waals surface area contributed by atoms with E-state index in [4.69, 9.17) is 4.74 Å². The van der Waals surface area contributed by atoms with E-state index in [0.29, 0.717) is 23.9 Å². The maximum absolute atomic E-state index is 13.1. The minimum Gasteiger partial charge on any atom is -0.376 e. The van der Waals surface area contributed by atoms with Gasteiger partial charge in [-0.1, -0.05) is 23.9 Å². The molecule has 0 unspecified atom stereocenters. The maximum Gasteiger partial charge on any atom is 0.344 e. The second kappa shape index (κ2) is 7.10. The first kappa shape index (κ1) is 15.9. The van der Waals surface area contributed by atoms with Crippen molar-refractivity contribution in [3.63, 3.8) is 0 Å². The first-order valence-electron chi connectivity index (χ1n) is 7.32. The van der Waals surface area contributed by atoms with Crippen molar-refractivity contribution in [3.8, 4) is 0 Å². The molecule has 0 aliphatic carbocycles. The highest BCUT2D eigenvalue weighted by Gasteiger charge is 2.20. The molecule has 1 atom stereocenters. The summed E-state index contributed by atoms with van der Waals surface area (Å²) in [6, 6.07) is 5.55. The molecule has 8 heteroatoms. The highest BCUT2D eigenvalue weighted by molar-refractivity contribution is 7.99. The van der Waals surface area contributed by atoms with Crippen LogP contribution < -0.4 is 5.69 Å². The van der Waals surface area contributed by atoms with Crippen molar-refractivity contribution >= 4 is 17.5 Å². The lowest BCUT2D eigenvalue weighted by Gasteiger charge is -2.10. The Morgan fingerprint density at radius 3 is 3.13 bits per heavy atom. The van der Waals surface area contributed by atoms with Gasteiger partial charge in [0.05, 0.1) is 18.4 Å². The molecule has 6 nitrogen and oxygen atoms in total. The molecule has 122 valence electrons. The van der Waals surface area contributed by atoms with Gasteiger partial charge in [0.15, 0.2) is 10.9 Å². The Balaban J connectivity index is 1.66. The SMILES string of the molecule is O=C(CSc1n[nH]c(=O)n1C[C@H]1CCCO1)c1cccc(F)c1. The number of aromatic nitrogens is 3. The number of hydrogen-bond acceptors (Lipinski definition) is 5. The summed E-state index contributed by atoms with van der Waals surface area (Å²) < 4.78 is 20.2. The average molecular weight is 337 g/mol. The van der Waals surface area contributed by atoms with Gasteiger partial charge in [-0.3, -0.25) is 9.36 Å². The molecule has 0 radical (unpaired) electrons. The van der Waals surface area contributed by atoms with Gasteiger partial charge in [-0.25, -0.2) is 14.3 Å². The number of ether oxygens (including phenoxy) is 1. The predicted molar refractivity (Wildman–Crippen MR) is 83.3 cm³/mol. The fourth-order valence-electron chi connectivity index (χ4n) is 2.44. The quantitative estimate of drug-likeness (QED) is 0.643. The molecule has 23 heavy (non-hydrogen) atoms. The second-order valence-corrected chi connectivity index (χ2v) is 6.22. The smallest absolute Gasteiger partial charge is 0.344 e. The average Bonchev–Trinajstić information content (AvgIpc) is 3.17. The van der Waals surface area contributed by atoms with Crippen molar-refractivity contribution in [1.29, 1.82) is 0 Å². The summed E-state index contributed by atoms with van der Waals surface area (Å²) in [6.45, 7) is 1.13. The third-order valence-corrected chi connectivity index (χ3v) is 4.59. The van der Waals surface area contributed by atoms with Crippen molar-refractivity contribution in [3.05, 3.63) is 46.1 Å².